The van der Waals surface area contributed by atoms with E-state index in [1.54, 1.807) is 12.1 Å². The summed E-state index contributed by atoms with van der Waals surface area (Å²) in [6.07, 6.45) is 2.77. The van der Waals surface area contributed by atoms with Crippen molar-refractivity contribution in [2.24, 2.45) is 0 Å². The van der Waals surface area contributed by atoms with Gasteiger partial charge in [-0.3, -0.25) is 4.79 Å². The van der Waals surface area contributed by atoms with Crippen molar-refractivity contribution in [3.05, 3.63) is 82.5 Å². The maximum absolute atomic E-state index is 13.7. The second kappa shape index (κ2) is 7.74. The summed E-state index contributed by atoms with van der Waals surface area (Å²) >= 11 is 0. The van der Waals surface area contributed by atoms with Crippen LogP contribution in [0.5, 0.6) is 11.6 Å². The van der Waals surface area contributed by atoms with Crippen molar-refractivity contribution in [1.29, 1.82) is 0 Å². The lowest BCUT2D eigenvalue weighted by atomic mass is 10.2. The molecule has 0 aliphatic rings. The van der Waals surface area contributed by atoms with E-state index in [9.17, 15) is 18.4 Å². The quantitative estimate of drug-likeness (QED) is 0.545. The molecule has 30 heavy (non-hydrogen) atoms. The number of fused-ring (bicyclic) bond motifs is 1. The van der Waals surface area contributed by atoms with Crippen LogP contribution in [0.25, 0.3) is 5.65 Å². The van der Waals surface area contributed by atoms with Crippen LogP contribution in [0.15, 0.2) is 59.7 Å². The maximum atomic E-state index is 13.7. The van der Waals surface area contributed by atoms with E-state index in [0.717, 1.165) is 22.4 Å². The molecule has 0 spiro atoms. The fourth-order valence-electron chi connectivity index (χ4n) is 2.79. The first-order valence-electron chi connectivity index (χ1n) is 8.85. The Hall–Kier alpha value is -4.08. The number of nitrogens with zero attached hydrogens (tertiary/aromatic N) is 4. The van der Waals surface area contributed by atoms with E-state index in [1.165, 1.54) is 16.8 Å². The second-order valence-corrected chi connectivity index (χ2v) is 6.41. The molecule has 0 bridgehead atoms. The molecular weight excluding hydrogens is 396 g/mol. The fraction of sp³-hybridized carbons (Fsp3) is 0.100. The Morgan fingerprint density at radius 2 is 2.00 bits per heavy atom. The number of benzene rings is 2. The van der Waals surface area contributed by atoms with Crippen LogP contribution in [-0.4, -0.2) is 25.1 Å². The Balaban J connectivity index is 1.61. The number of nitrogens with one attached hydrogen (secondary N) is 1. The summed E-state index contributed by atoms with van der Waals surface area (Å²) in [5.41, 5.74) is 0.176. The van der Waals surface area contributed by atoms with E-state index in [1.807, 2.05) is 19.1 Å². The summed E-state index contributed by atoms with van der Waals surface area (Å²) in [6.45, 7) is 1.38. The first kappa shape index (κ1) is 19.2. The standard InChI is InChI=1S/C20H15F2N5O3/c1-12-4-2-3-5-16(12)30-19-18-25-27(20(29)26(18)9-8-23-19)11-17(28)24-15-7-6-13(21)10-14(15)22/h2-10H,11H2,1H3,(H,24,28). The molecule has 0 fully saturated rings. The summed E-state index contributed by atoms with van der Waals surface area (Å²) in [5, 5.41) is 6.40. The minimum atomic E-state index is -0.927. The van der Waals surface area contributed by atoms with Crippen molar-refractivity contribution in [2.45, 2.75) is 13.5 Å². The predicted octanol–water partition coefficient (Wildman–Crippen LogP) is 2.91. The topological polar surface area (TPSA) is 90.5 Å². The lowest BCUT2D eigenvalue weighted by Gasteiger charge is -2.07. The number of carbonyl (C=O) groups excluding carboxylic acids is 1. The molecule has 10 heteroatoms. The molecule has 152 valence electrons. The Morgan fingerprint density at radius 1 is 1.20 bits per heavy atom. The monoisotopic (exact) mass is 411 g/mol. The van der Waals surface area contributed by atoms with E-state index in [2.05, 4.69) is 15.4 Å². The summed E-state index contributed by atoms with van der Waals surface area (Å²) in [4.78, 5) is 28.9. The zero-order chi connectivity index (χ0) is 21.3. The van der Waals surface area contributed by atoms with Crippen LogP contribution in [0, 0.1) is 18.6 Å². The van der Waals surface area contributed by atoms with Crippen LogP contribution in [0.2, 0.25) is 0 Å². The smallest absolute Gasteiger partial charge is 0.351 e. The third-order valence-corrected chi connectivity index (χ3v) is 4.27. The molecule has 1 N–H and O–H groups in total. The second-order valence-electron chi connectivity index (χ2n) is 6.41. The largest absolute Gasteiger partial charge is 0.436 e. The molecule has 0 aliphatic heterocycles. The van der Waals surface area contributed by atoms with Gasteiger partial charge in [0.1, 0.15) is 23.9 Å². The molecule has 2 aromatic heterocycles. The van der Waals surface area contributed by atoms with Crippen LogP contribution in [0.1, 0.15) is 5.56 Å². The van der Waals surface area contributed by atoms with Gasteiger partial charge in [-0.15, -0.1) is 5.10 Å². The van der Waals surface area contributed by atoms with Crippen molar-refractivity contribution in [1.82, 2.24) is 19.2 Å². The number of amides is 1. The number of carbonyl (C=O) groups is 1. The lowest BCUT2D eigenvalue weighted by molar-refractivity contribution is -0.117. The van der Waals surface area contributed by atoms with Crippen LogP contribution < -0.4 is 15.7 Å². The Bertz CT molecular complexity index is 1320. The molecule has 0 saturated carbocycles. The number of ether oxygens (including phenoxy) is 1. The van der Waals surface area contributed by atoms with Crippen LogP contribution >= 0.6 is 0 Å². The highest BCUT2D eigenvalue weighted by molar-refractivity contribution is 5.90. The molecule has 0 unspecified atom stereocenters. The van der Waals surface area contributed by atoms with Gasteiger partial charge in [-0.2, -0.15) is 0 Å². The molecule has 0 atom stereocenters. The zero-order valence-corrected chi connectivity index (χ0v) is 15.7. The number of hydrogen-bond acceptors (Lipinski definition) is 5. The van der Waals surface area contributed by atoms with Gasteiger partial charge < -0.3 is 10.1 Å². The molecular formula is C20H15F2N5O3. The Kier molecular flexibility index (Phi) is 4.97. The number of hydrogen-bond donors (Lipinski definition) is 1. The Morgan fingerprint density at radius 3 is 2.77 bits per heavy atom. The molecule has 4 aromatic rings. The minimum Gasteiger partial charge on any atom is -0.436 e. The van der Waals surface area contributed by atoms with Crippen molar-refractivity contribution >= 4 is 17.2 Å². The molecule has 4 rings (SSSR count). The molecule has 2 heterocycles. The third kappa shape index (κ3) is 3.75. The number of aryl methyl sites for hydroxylation is 1. The number of aromatic nitrogens is 4. The number of halogens is 2. The first-order valence-corrected chi connectivity index (χ1v) is 8.85. The highest BCUT2D eigenvalue weighted by Crippen LogP contribution is 2.25. The lowest BCUT2D eigenvalue weighted by Crippen LogP contribution is -2.28. The van der Waals surface area contributed by atoms with Gasteiger partial charge in [0.15, 0.2) is 0 Å². The van der Waals surface area contributed by atoms with E-state index < -0.39 is 29.8 Å². The molecule has 2 aromatic carbocycles. The summed E-state index contributed by atoms with van der Waals surface area (Å²) in [5.74, 6) is -1.77. The first-order chi connectivity index (χ1) is 14.4. The van der Waals surface area contributed by atoms with Gasteiger partial charge in [-0.05, 0) is 30.7 Å². The van der Waals surface area contributed by atoms with Crippen LogP contribution in [0.4, 0.5) is 14.5 Å². The van der Waals surface area contributed by atoms with E-state index in [0.29, 0.717) is 11.8 Å². The predicted molar refractivity (Wildman–Crippen MR) is 103 cm³/mol. The molecule has 0 saturated heterocycles. The van der Waals surface area contributed by atoms with E-state index >= 15 is 0 Å². The maximum Gasteiger partial charge on any atom is 0.351 e. The minimum absolute atomic E-state index is 0.0904. The van der Waals surface area contributed by atoms with Crippen molar-refractivity contribution < 1.29 is 18.3 Å². The average Bonchev–Trinajstić information content (AvgIpc) is 3.02. The number of rotatable bonds is 5. The Labute approximate surface area is 168 Å². The number of para-hydroxylation sites is 1. The van der Waals surface area contributed by atoms with E-state index in [-0.39, 0.29) is 17.2 Å². The van der Waals surface area contributed by atoms with Gasteiger partial charge in [0.05, 0.1) is 5.69 Å². The van der Waals surface area contributed by atoms with Gasteiger partial charge in [0.2, 0.25) is 11.6 Å². The highest BCUT2D eigenvalue weighted by atomic mass is 19.1. The van der Waals surface area contributed by atoms with Crippen molar-refractivity contribution in [3.63, 3.8) is 0 Å². The van der Waals surface area contributed by atoms with E-state index in [4.69, 9.17) is 4.74 Å². The molecule has 0 aliphatic carbocycles. The normalized spacial score (nSPS) is 10.9. The molecule has 0 radical (unpaired) electrons. The average molecular weight is 411 g/mol. The van der Waals surface area contributed by atoms with Gasteiger partial charge in [-0.25, -0.2) is 27.6 Å². The molecule has 1 amide bonds. The van der Waals surface area contributed by atoms with Gasteiger partial charge >= 0.3 is 5.69 Å². The SMILES string of the molecule is Cc1ccccc1Oc1nccn2c(=O)n(CC(=O)Nc3ccc(F)cc3F)nc12. The van der Waals surface area contributed by atoms with Crippen LogP contribution in [0.3, 0.4) is 0 Å². The highest BCUT2D eigenvalue weighted by Gasteiger charge is 2.17. The summed E-state index contributed by atoms with van der Waals surface area (Å²) in [7, 11) is 0. The van der Waals surface area contributed by atoms with Gasteiger partial charge in [-0.1, -0.05) is 18.2 Å². The molecule has 8 nitrogen and oxygen atoms in total. The van der Waals surface area contributed by atoms with Gasteiger partial charge in [0.25, 0.3) is 5.88 Å². The van der Waals surface area contributed by atoms with Gasteiger partial charge in [0, 0.05) is 18.5 Å². The van der Waals surface area contributed by atoms with Crippen molar-refractivity contribution in [3.8, 4) is 11.6 Å². The fourth-order valence-corrected chi connectivity index (χ4v) is 2.79. The summed E-state index contributed by atoms with van der Waals surface area (Å²) < 4.78 is 34.6. The third-order valence-electron chi connectivity index (χ3n) is 4.27. The number of anilines is 1. The zero-order valence-electron chi connectivity index (χ0n) is 15.7. The van der Waals surface area contributed by atoms with Crippen molar-refractivity contribution in [2.75, 3.05) is 5.32 Å². The summed E-state index contributed by atoms with van der Waals surface area (Å²) in [6, 6.07) is 10.0. The van der Waals surface area contributed by atoms with Crippen LogP contribution in [-0.2, 0) is 11.3 Å².